The van der Waals surface area contributed by atoms with Crippen molar-refractivity contribution in [1.82, 2.24) is 0 Å². The maximum Gasteiger partial charge on any atom is 0.103 e. The van der Waals surface area contributed by atoms with E-state index in [-0.39, 0.29) is 0 Å². The molecule has 0 saturated heterocycles. The molecule has 0 fully saturated rings. The molecule has 3 N–H and O–H groups in total. The minimum absolute atomic E-state index is 0.468. The first kappa shape index (κ1) is 14.4. The third-order valence-electron chi connectivity index (χ3n) is 3.06. The second-order valence-electron chi connectivity index (χ2n) is 4.48. The molecule has 0 aliphatic carbocycles. The zero-order valence-electron chi connectivity index (χ0n) is 11.1. The number of nitrogens with one attached hydrogen (secondary N) is 1. The normalized spacial score (nSPS) is 10.1. The van der Waals surface area contributed by atoms with Gasteiger partial charge in [-0.2, -0.15) is 5.26 Å². The number of hydrogen-bond donors (Lipinski definition) is 2. The molecule has 102 valence electrons. The number of halogens is 1. The molecule has 2 aromatic rings. The van der Waals surface area contributed by atoms with Crippen LogP contribution in [0.15, 0.2) is 42.5 Å². The fourth-order valence-electron chi connectivity index (χ4n) is 1.97. The van der Waals surface area contributed by atoms with Crippen molar-refractivity contribution in [2.75, 3.05) is 11.9 Å². The van der Waals surface area contributed by atoms with E-state index in [9.17, 15) is 0 Å². The monoisotopic (exact) mass is 285 g/mol. The highest BCUT2D eigenvalue weighted by atomic mass is 35.5. The van der Waals surface area contributed by atoms with Gasteiger partial charge in [0.25, 0.3) is 0 Å². The summed E-state index contributed by atoms with van der Waals surface area (Å²) in [6, 6.07) is 15.8. The van der Waals surface area contributed by atoms with Crippen LogP contribution in [0, 0.1) is 11.3 Å². The SMILES string of the molecule is N#Cc1c(Cl)cccc1NCc1ccc(CCN)cc1. The van der Waals surface area contributed by atoms with E-state index in [4.69, 9.17) is 22.6 Å². The van der Waals surface area contributed by atoms with E-state index < -0.39 is 0 Å². The fourth-order valence-corrected chi connectivity index (χ4v) is 2.19. The van der Waals surface area contributed by atoms with Crippen LogP contribution >= 0.6 is 11.6 Å². The predicted octanol–water partition coefficient (Wildman–Crippen LogP) is 3.32. The summed E-state index contributed by atoms with van der Waals surface area (Å²) in [6.45, 7) is 1.31. The van der Waals surface area contributed by atoms with Gasteiger partial charge in [-0.05, 0) is 36.2 Å². The molecule has 0 bridgehead atoms. The van der Waals surface area contributed by atoms with E-state index in [1.54, 1.807) is 6.07 Å². The molecule has 0 amide bonds. The van der Waals surface area contributed by atoms with Gasteiger partial charge < -0.3 is 11.1 Å². The van der Waals surface area contributed by atoms with Gasteiger partial charge in [-0.15, -0.1) is 0 Å². The first-order valence-electron chi connectivity index (χ1n) is 6.45. The van der Waals surface area contributed by atoms with Crippen LogP contribution in [-0.4, -0.2) is 6.54 Å². The molecule has 0 aromatic heterocycles. The summed E-state index contributed by atoms with van der Waals surface area (Å²) in [5, 5.41) is 12.8. The third-order valence-corrected chi connectivity index (χ3v) is 3.38. The average molecular weight is 286 g/mol. The second kappa shape index (κ2) is 6.95. The topological polar surface area (TPSA) is 61.8 Å². The van der Waals surface area contributed by atoms with Gasteiger partial charge in [-0.25, -0.2) is 0 Å². The number of nitriles is 1. The van der Waals surface area contributed by atoms with E-state index in [2.05, 4.69) is 35.7 Å². The van der Waals surface area contributed by atoms with E-state index in [0.29, 0.717) is 23.7 Å². The number of nitrogens with two attached hydrogens (primary N) is 1. The van der Waals surface area contributed by atoms with Gasteiger partial charge in [0.2, 0.25) is 0 Å². The average Bonchev–Trinajstić information content (AvgIpc) is 2.47. The maximum absolute atomic E-state index is 9.11. The minimum atomic E-state index is 0.468. The molecule has 0 aliphatic rings. The quantitative estimate of drug-likeness (QED) is 0.886. The summed E-state index contributed by atoms with van der Waals surface area (Å²) in [4.78, 5) is 0. The molecule has 20 heavy (non-hydrogen) atoms. The summed E-state index contributed by atoms with van der Waals surface area (Å²) in [5.41, 5.74) is 9.14. The van der Waals surface area contributed by atoms with Gasteiger partial charge in [0.05, 0.1) is 16.3 Å². The van der Waals surface area contributed by atoms with Crippen molar-refractivity contribution in [3.8, 4) is 6.07 Å². The van der Waals surface area contributed by atoms with Crippen molar-refractivity contribution >= 4 is 17.3 Å². The lowest BCUT2D eigenvalue weighted by atomic mass is 10.1. The lowest BCUT2D eigenvalue weighted by Gasteiger charge is -2.09. The van der Waals surface area contributed by atoms with Crippen molar-refractivity contribution < 1.29 is 0 Å². The number of benzene rings is 2. The lowest BCUT2D eigenvalue weighted by Crippen LogP contribution is -2.04. The van der Waals surface area contributed by atoms with Crippen LogP contribution in [0.4, 0.5) is 5.69 Å². The molecule has 0 heterocycles. The Labute approximate surface area is 124 Å². The van der Waals surface area contributed by atoms with Gasteiger partial charge in [-0.3, -0.25) is 0 Å². The van der Waals surface area contributed by atoms with Gasteiger partial charge in [0.15, 0.2) is 0 Å². The molecule has 0 saturated carbocycles. The van der Waals surface area contributed by atoms with Gasteiger partial charge >= 0.3 is 0 Å². The van der Waals surface area contributed by atoms with E-state index in [0.717, 1.165) is 17.7 Å². The molecule has 0 radical (unpaired) electrons. The van der Waals surface area contributed by atoms with Crippen molar-refractivity contribution in [3.63, 3.8) is 0 Å². The van der Waals surface area contributed by atoms with Crippen LogP contribution in [0.25, 0.3) is 0 Å². The van der Waals surface area contributed by atoms with Gasteiger partial charge in [0.1, 0.15) is 6.07 Å². The fraction of sp³-hybridized carbons (Fsp3) is 0.188. The zero-order valence-corrected chi connectivity index (χ0v) is 11.8. The maximum atomic E-state index is 9.11. The highest BCUT2D eigenvalue weighted by Gasteiger charge is 2.05. The first-order chi connectivity index (χ1) is 9.74. The molecule has 0 aliphatic heterocycles. The van der Waals surface area contributed by atoms with Crippen molar-refractivity contribution in [1.29, 1.82) is 5.26 Å². The van der Waals surface area contributed by atoms with Crippen LogP contribution in [0.1, 0.15) is 16.7 Å². The summed E-state index contributed by atoms with van der Waals surface area (Å²) in [5.74, 6) is 0. The Morgan fingerprint density at radius 2 is 1.80 bits per heavy atom. The summed E-state index contributed by atoms with van der Waals surface area (Å²) in [7, 11) is 0. The molecular formula is C16H16ClN3. The Hall–Kier alpha value is -2.02. The largest absolute Gasteiger partial charge is 0.380 e. The molecule has 2 aromatic carbocycles. The zero-order chi connectivity index (χ0) is 14.4. The summed E-state index contributed by atoms with van der Waals surface area (Å²) >= 11 is 5.99. The van der Waals surface area contributed by atoms with Crippen LogP contribution < -0.4 is 11.1 Å². The highest BCUT2D eigenvalue weighted by Crippen LogP contribution is 2.23. The van der Waals surface area contributed by atoms with Crippen LogP contribution in [0.2, 0.25) is 5.02 Å². The number of nitrogens with zero attached hydrogens (tertiary/aromatic N) is 1. The van der Waals surface area contributed by atoms with Crippen LogP contribution in [0.3, 0.4) is 0 Å². The molecule has 0 atom stereocenters. The Kier molecular flexibility index (Phi) is 5.00. The standard InChI is InChI=1S/C16H16ClN3/c17-15-2-1-3-16(14(15)10-19)20-11-13-6-4-12(5-7-13)8-9-18/h1-7,20H,8-9,11,18H2. The Morgan fingerprint density at radius 1 is 1.10 bits per heavy atom. The summed E-state index contributed by atoms with van der Waals surface area (Å²) < 4.78 is 0. The van der Waals surface area contributed by atoms with Crippen molar-refractivity contribution in [2.45, 2.75) is 13.0 Å². The molecule has 4 heteroatoms. The van der Waals surface area contributed by atoms with E-state index in [1.807, 2.05) is 12.1 Å². The molecule has 0 spiro atoms. The van der Waals surface area contributed by atoms with Crippen molar-refractivity contribution in [2.24, 2.45) is 5.73 Å². The van der Waals surface area contributed by atoms with E-state index in [1.165, 1.54) is 5.56 Å². The van der Waals surface area contributed by atoms with Crippen LogP contribution in [-0.2, 0) is 13.0 Å². The second-order valence-corrected chi connectivity index (χ2v) is 4.89. The minimum Gasteiger partial charge on any atom is -0.380 e. The summed E-state index contributed by atoms with van der Waals surface area (Å²) in [6.07, 6.45) is 0.889. The molecular weight excluding hydrogens is 270 g/mol. The first-order valence-corrected chi connectivity index (χ1v) is 6.82. The number of anilines is 1. The number of hydrogen-bond acceptors (Lipinski definition) is 3. The van der Waals surface area contributed by atoms with Gasteiger partial charge in [-0.1, -0.05) is 41.9 Å². The van der Waals surface area contributed by atoms with Gasteiger partial charge in [0, 0.05) is 6.54 Å². The smallest absolute Gasteiger partial charge is 0.103 e. The Balaban J connectivity index is 2.06. The van der Waals surface area contributed by atoms with Crippen molar-refractivity contribution in [3.05, 3.63) is 64.2 Å². The molecule has 3 nitrogen and oxygen atoms in total. The Morgan fingerprint density at radius 3 is 2.45 bits per heavy atom. The Bertz CT molecular complexity index is 615. The highest BCUT2D eigenvalue weighted by molar-refractivity contribution is 6.32. The molecule has 0 unspecified atom stereocenters. The molecule has 2 rings (SSSR count). The van der Waals surface area contributed by atoms with E-state index >= 15 is 0 Å². The number of rotatable bonds is 5. The lowest BCUT2D eigenvalue weighted by molar-refractivity contribution is 0.966. The predicted molar refractivity (Wildman–Crippen MR) is 82.7 cm³/mol. The third kappa shape index (κ3) is 3.51. The van der Waals surface area contributed by atoms with Crippen LogP contribution in [0.5, 0.6) is 0 Å².